The Bertz CT molecular complexity index is 337. The quantitative estimate of drug-likeness (QED) is 0.795. The number of nitrogens with one attached hydrogen (secondary N) is 1. The zero-order valence-corrected chi connectivity index (χ0v) is 11.0. The number of hydrogen-bond donors (Lipinski definition) is 1. The summed E-state index contributed by atoms with van der Waals surface area (Å²) in [6.07, 6.45) is 2.54. The number of unbranched alkanes of at least 4 members (excludes halogenated alkanes) is 1. The smallest absolute Gasteiger partial charge is 0.0365 e. The molecule has 0 saturated heterocycles. The molecule has 0 aliphatic carbocycles. The average molecular weight is 235 g/mol. The second-order valence-corrected chi connectivity index (χ2v) is 5.67. The third-order valence-electron chi connectivity index (χ3n) is 3.22. The number of rotatable bonds is 4. The Morgan fingerprint density at radius 1 is 1.38 bits per heavy atom. The Kier molecular flexibility index (Phi) is 4.30. The van der Waals surface area contributed by atoms with Crippen LogP contribution in [0.2, 0.25) is 0 Å². The summed E-state index contributed by atoms with van der Waals surface area (Å²) in [6.45, 7) is 5.74. The van der Waals surface area contributed by atoms with Crippen LogP contribution in [0, 0.1) is 5.92 Å². The highest BCUT2D eigenvalue weighted by atomic mass is 32.2. The van der Waals surface area contributed by atoms with Crippen molar-refractivity contribution in [3.05, 3.63) is 29.8 Å². The van der Waals surface area contributed by atoms with Crippen LogP contribution in [0.4, 0.5) is 0 Å². The van der Waals surface area contributed by atoms with E-state index >= 15 is 0 Å². The fourth-order valence-corrected chi connectivity index (χ4v) is 3.41. The summed E-state index contributed by atoms with van der Waals surface area (Å²) < 4.78 is 0. The van der Waals surface area contributed by atoms with E-state index < -0.39 is 0 Å². The second-order valence-electron chi connectivity index (χ2n) is 4.61. The van der Waals surface area contributed by atoms with E-state index in [0.29, 0.717) is 6.04 Å². The first-order valence-electron chi connectivity index (χ1n) is 6.28. The van der Waals surface area contributed by atoms with Crippen LogP contribution in [0.25, 0.3) is 0 Å². The average Bonchev–Trinajstić information content (AvgIpc) is 2.32. The van der Waals surface area contributed by atoms with Crippen molar-refractivity contribution in [2.75, 3.05) is 12.3 Å². The predicted molar refractivity (Wildman–Crippen MR) is 72.0 cm³/mol. The van der Waals surface area contributed by atoms with Crippen molar-refractivity contribution in [1.82, 2.24) is 5.32 Å². The molecule has 0 spiro atoms. The largest absolute Gasteiger partial charge is 0.310 e. The van der Waals surface area contributed by atoms with E-state index in [1.807, 2.05) is 11.8 Å². The lowest BCUT2D eigenvalue weighted by molar-refractivity contribution is 0.403. The molecule has 1 aliphatic rings. The normalized spacial score (nSPS) is 24.1. The Balaban J connectivity index is 2.10. The summed E-state index contributed by atoms with van der Waals surface area (Å²) in [4.78, 5) is 1.47. The van der Waals surface area contributed by atoms with Crippen LogP contribution in [-0.4, -0.2) is 12.3 Å². The Morgan fingerprint density at radius 3 is 3.00 bits per heavy atom. The van der Waals surface area contributed by atoms with Crippen LogP contribution >= 0.6 is 11.8 Å². The summed E-state index contributed by atoms with van der Waals surface area (Å²) >= 11 is 2.00. The van der Waals surface area contributed by atoms with Crippen molar-refractivity contribution < 1.29 is 0 Å². The molecule has 1 aromatic rings. The zero-order valence-electron chi connectivity index (χ0n) is 10.2. The topological polar surface area (TPSA) is 12.0 Å². The maximum Gasteiger partial charge on any atom is 0.0365 e. The first-order valence-corrected chi connectivity index (χ1v) is 7.26. The van der Waals surface area contributed by atoms with Gasteiger partial charge in [-0.15, -0.1) is 11.8 Å². The van der Waals surface area contributed by atoms with Gasteiger partial charge in [-0.05, 0) is 30.5 Å². The van der Waals surface area contributed by atoms with Crippen LogP contribution in [0.15, 0.2) is 29.2 Å². The van der Waals surface area contributed by atoms with Gasteiger partial charge in [0.15, 0.2) is 0 Å². The molecule has 1 aliphatic heterocycles. The molecule has 0 radical (unpaired) electrons. The van der Waals surface area contributed by atoms with Gasteiger partial charge in [0.2, 0.25) is 0 Å². The van der Waals surface area contributed by atoms with E-state index in [1.165, 1.54) is 29.1 Å². The summed E-state index contributed by atoms with van der Waals surface area (Å²) in [5.74, 6) is 1.97. The van der Waals surface area contributed by atoms with E-state index in [2.05, 4.69) is 43.4 Å². The molecule has 1 aromatic carbocycles. The fourth-order valence-electron chi connectivity index (χ4n) is 2.24. The Labute approximate surface area is 103 Å². The van der Waals surface area contributed by atoms with Gasteiger partial charge in [0, 0.05) is 16.7 Å². The Morgan fingerprint density at radius 2 is 2.19 bits per heavy atom. The second kappa shape index (κ2) is 5.74. The van der Waals surface area contributed by atoms with E-state index in [9.17, 15) is 0 Å². The minimum Gasteiger partial charge on any atom is -0.310 e. The number of fused-ring (bicyclic) bond motifs is 1. The van der Waals surface area contributed by atoms with E-state index in [4.69, 9.17) is 0 Å². The van der Waals surface area contributed by atoms with Crippen LogP contribution in [0.1, 0.15) is 38.3 Å². The van der Waals surface area contributed by atoms with Crippen molar-refractivity contribution in [2.45, 2.75) is 37.6 Å². The molecule has 1 N–H and O–H groups in total. The first-order chi connectivity index (χ1) is 7.83. The molecule has 2 rings (SSSR count). The molecular formula is C14H21NS. The molecule has 2 heteroatoms. The number of thioether (sulfide) groups is 1. The number of hydrogen-bond acceptors (Lipinski definition) is 2. The van der Waals surface area contributed by atoms with Gasteiger partial charge in [0.05, 0.1) is 0 Å². The number of benzene rings is 1. The van der Waals surface area contributed by atoms with E-state index in [1.54, 1.807) is 0 Å². The zero-order chi connectivity index (χ0) is 11.4. The fraction of sp³-hybridized carbons (Fsp3) is 0.571. The van der Waals surface area contributed by atoms with Crippen molar-refractivity contribution >= 4 is 11.8 Å². The molecule has 1 heterocycles. The van der Waals surface area contributed by atoms with E-state index in [0.717, 1.165) is 12.5 Å². The minimum atomic E-state index is 0.559. The predicted octanol–water partition coefficient (Wildman–Crippen LogP) is 3.86. The molecule has 0 aromatic heterocycles. The highest BCUT2D eigenvalue weighted by Crippen LogP contribution is 2.39. The van der Waals surface area contributed by atoms with Crippen molar-refractivity contribution in [3.8, 4) is 0 Å². The van der Waals surface area contributed by atoms with Gasteiger partial charge in [-0.2, -0.15) is 0 Å². The highest BCUT2D eigenvalue weighted by molar-refractivity contribution is 7.99. The van der Waals surface area contributed by atoms with Crippen molar-refractivity contribution in [1.29, 1.82) is 0 Å². The maximum atomic E-state index is 3.72. The molecule has 2 unspecified atom stereocenters. The third kappa shape index (κ3) is 2.61. The summed E-state index contributed by atoms with van der Waals surface area (Å²) in [5.41, 5.74) is 1.50. The highest BCUT2D eigenvalue weighted by Gasteiger charge is 2.25. The lowest BCUT2D eigenvalue weighted by Gasteiger charge is -2.31. The minimum absolute atomic E-state index is 0.559. The van der Waals surface area contributed by atoms with Gasteiger partial charge in [-0.3, -0.25) is 0 Å². The molecule has 0 saturated carbocycles. The van der Waals surface area contributed by atoms with E-state index in [-0.39, 0.29) is 0 Å². The lowest BCUT2D eigenvalue weighted by Crippen LogP contribution is -2.31. The Hall–Kier alpha value is -0.470. The van der Waals surface area contributed by atoms with Crippen LogP contribution in [-0.2, 0) is 0 Å². The van der Waals surface area contributed by atoms with Crippen molar-refractivity contribution in [3.63, 3.8) is 0 Å². The molecule has 0 bridgehead atoms. The first kappa shape index (κ1) is 12.0. The maximum absolute atomic E-state index is 3.72. The summed E-state index contributed by atoms with van der Waals surface area (Å²) in [6, 6.07) is 9.39. The standard InChI is InChI=1S/C14H21NS/c1-3-4-9-15-14-11(2)10-16-13-8-6-5-7-12(13)14/h5-8,11,14-15H,3-4,9-10H2,1-2H3. The summed E-state index contributed by atoms with van der Waals surface area (Å²) in [5, 5.41) is 3.72. The summed E-state index contributed by atoms with van der Waals surface area (Å²) in [7, 11) is 0. The van der Waals surface area contributed by atoms with Crippen molar-refractivity contribution in [2.24, 2.45) is 5.92 Å². The molecule has 0 amide bonds. The van der Waals surface area contributed by atoms with Crippen LogP contribution in [0.3, 0.4) is 0 Å². The van der Waals surface area contributed by atoms with Crippen LogP contribution in [0.5, 0.6) is 0 Å². The van der Waals surface area contributed by atoms with Gasteiger partial charge in [0.1, 0.15) is 0 Å². The molecule has 88 valence electrons. The monoisotopic (exact) mass is 235 g/mol. The molecule has 16 heavy (non-hydrogen) atoms. The van der Waals surface area contributed by atoms with Gasteiger partial charge >= 0.3 is 0 Å². The molecule has 1 nitrogen and oxygen atoms in total. The van der Waals surface area contributed by atoms with Gasteiger partial charge in [0.25, 0.3) is 0 Å². The van der Waals surface area contributed by atoms with Crippen LogP contribution < -0.4 is 5.32 Å². The molecule has 0 fully saturated rings. The molecule has 2 atom stereocenters. The SMILES string of the molecule is CCCCNC1c2ccccc2SCC1C. The van der Waals surface area contributed by atoms with Gasteiger partial charge < -0.3 is 5.32 Å². The lowest BCUT2D eigenvalue weighted by atomic mass is 9.95. The molecular weight excluding hydrogens is 214 g/mol. The third-order valence-corrected chi connectivity index (χ3v) is 4.59. The van der Waals surface area contributed by atoms with Gasteiger partial charge in [-0.25, -0.2) is 0 Å². The van der Waals surface area contributed by atoms with Gasteiger partial charge in [-0.1, -0.05) is 38.5 Å².